The van der Waals surface area contributed by atoms with Crippen molar-refractivity contribution in [2.24, 2.45) is 5.41 Å². The van der Waals surface area contributed by atoms with E-state index in [9.17, 15) is 5.11 Å². The number of aliphatic hydroxyl groups is 1. The number of unbranched alkanes of at least 4 members (excludes halogenated alkanes) is 2. The van der Waals surface area contributed by atoms with E-state index in [2.05, 4.69) is 13.8 Å². The lowest BCUT2D eigenvalue weighted by molar-refractivity contribution is -0.0172. The Kier molecular flexibility index (Phi) is 2.82. The van der Waals surface area contributed by atoms with Gasteiger partial charge < -0.3 is 5.11 Å². The molecule has 0 heterocycles. The molecule has 1 atom stereocenters. The first kappa shape index (κ1) is 10.0. The van der Waals surface area contributed by atoms with Crippen molar-refractivity contribution in [3.8, 4) is 0 Å². The molecule has 0 aromatic rings. The van der Waals surface area contributed by atoms with Crippen molar-refractivity contribution < 1.29 is 5.11 Å². The van der Waals surface area contributed by atoms with Crippen molar-refractivity contribution in [2.45, 2.75) is 64.9 Å². The molecule has 1 unspecified atom stereocenters. The fourth-order valence-electron chi connectivity index (χ4n) is 1.75. The highest BCUT2D eigenvalue weighted by atomic mass is 16.3. The number of hydrogen-bond acceptors (Lipinski definition) is 1. The van der Waals surface area contributed by atoms with Gasteiger partial charge in [0, 0.05) is 0 Å². The van der Waals surface area contributed by atoms with E-state index in [-0.39, 0.29) is 5.41 Å². The van der Waals surface area contributed by atoms with E-state index in [1.807, 2.05) is 6.92 Å². The lowest BCUT2D eigenvalue weighted by Crippen LogP contribution is -2.34. The summed E-state index contributed by atoms with van der Waals surface area (Å²) in [6.07, 6.45) is 7.09. The van der Waals surface area contributed by atoms with E-state index < -0.39 is 5.60 Å². The first-order chi connectivity index (χ1) is 5.52. The minimum Gasteiger partial charge on any atom is -0.390 e. The van der Waals surface area contributed by atoms with Gasteiger partial charge in [0.05, 0.1) is 5.60 Å². The van der Waals surface area contributed by atoms with E-state index in [0.29, 0.717) is 0 Å². The molecule has 0 radical (unpaired) electrons. The summed E-state index contributed by atoms with van der Waals surface area (Å²) < 4.78 is 0. The molecule has 0 saturated heterocycles. The lowest BCUT2D eigenvalue weighted by atomic mass is 9.83. The second-order valence-corrected chi connectivity index (χ2v) is 4.79. The van der Waals surface area contributed by atoms with E-state index in [1.54, 1.807) is 0 Å². The predicted molar refractivity (Wildman–Crippen MR) is 52.1 cm³/mol. The monoisotopic (exact) mass is 170 g/mol. The summed E-state index contributed by atoms with van der Waals surface area (Å²) in [5, 5.41) is 10.1. The SMILES string of the molecule is CCCCCC(C)(O)C1(C)CC1. The van der Waals surface area contributed by atoms with Gasteiger partial charge in [0.1, 0.15) is 0 Å². The highest BCUT2D eigenvalue weighted by Crippen LogP contribution is 2.55. The maximum absolute atomic E-state index is 10.1. The van der Waals surface area contributed by atoms with Gasteiger partial charge in [-0.15, -0.1) is 0 Å². The van der Waals surface area contributed by atoms with Crippen LogP contribution in [0.1, 0.15) is 59.3 Å². The van der Waals surface area contributed by atoms with Crippen LogP contribution in [0.4, 0.5) is 0 Å². The molecule has 1 nitrogen and oxygen atoms in total. The maximum Gasteiger partial charge on any atom is 0.0673 e. The summed E-state index contributed by atoms with van der Waals surface area (Å²) in [6, 6.07) is 0. The van der Waals surface area contributed by atoms with Gasteiger partial charge in [-0.1, -0.05) is 33.1 Å². The summed E-state index contributed by atoms with van der Waals surface area (Å²) in [4.78, 5) is 0. The van der Waals surface area contributed by atoms with Gasteiger partial charge >= 0.3 is 0 Å². The van der Waals surface area contributed by atoms with Crippen LogP contribution in [0, 0.1) is 5.41 Å². The quantitative estimate of drug-likeness (QED) is 0.628. The average Bonchev–Trinajstić information content (AvgIpc) is 2.70. The Morgan fingerprint density at radius 2 is 1.92 bits per heavy atom. The third-order valence-corrected chi connectivity index (χ3v) is 3.57. The molecule has 1 heteroatoms. The maximum atomic E-state index is 10.1. The number of hydrogen-bond donors (Lipinski definition) is 1. The van der Waals surface area contributed by atoms with Crippen molar-refractivity contribution in [3.63, 3.8) is 0 Å². The van der Waals surface area contributed by atoms with E-state index in [1.165, 1.54) is 32.1 Å². The second kappa shape index (κ2) is 3.37. The van der Waals surface area contributed by atoms with Crippen LogP contribution in [0.2, 0.25) is 0 Å². The van der Waals surface area contributed by atoms with Gasteiger partial charge in [0.25, 0.3) is 0 Å². The Balaban J connectivity index is 2.28. The predicted octanol–water partition coefficient (Wildman–Crippen LogP) is 3.12. The Labute approximate surface area is 76.2 Å². The summed E-state index contributed by atoms with van der Waals surface area (Å²) in [6.45, 7) is 6.42. The summed E-state index contributed by atoms with van der Waals surface area (Å²) >= 11 is 0. The Bertz CT molecular complexity index is 145. The molecule has 0 aliphatic heterocycles. The molecule has 1 aliphatic carbocycles. The highest BCUT2D eigenvalue weighted by Gasteiger charge is 2.51. The fraction of sp³-hybridized carbons (Fsp3) is 1.00. The molecule has 1 rings (SSSR count). The Morgan fingerprint density at radius 3 is 2.33 bits per heavy atom. The molecule has 1 fully saturated rings. The zero-order valence-electron chi connectivity index (χ0n) is 8.69. The second-order valence-electron chi connectivity index (χ2n) is 4.79. The molecule has 1 saturated carbocycles. The van der Waals surface area contributed by atoms with Gasteiger partial charge in [-0.3, -0.25) is 0 Å². The van der Waals surface area contributed by atoms with Crippen molar-refractivity contribution in [3.05, 3.63) is 0 Å². The molecule has 0 bridgehead atoms. The first-order valence-corrected chi connectivity index (χ1v) is 5.24. The molecule has 1 N–H and O–H groups in total. The number of rotatable bonds is 5. The van der Waals surface area contributed by atoms with Crippen LogP contribution in [0.5, 0.6) is 0 Å². The third kappa shape index (κ3) is 2.01. The first-order valence-electron chi connectivity index (χ1n) is 5.24. The van der Waals surface area contributed by atoms with Crippen LogP contribution in [-0.4, -0.2) is 10.7 Å². The molecule has 72 valence electrons. The third-order valence-electron chi connectivity index (χ3n) is 3.57. The van der Waals surface area contributed by atoms with Crippen LogP contribution in [0.3, 0.4) is 0 Å². The normalized spacial score (nSPS) is 25.0. The van der Waals surface area contributed by atoms with E-state index in [0.717, 1.165) is 6.42 Å². The standard InChI is InChI=1S/C11H22O/c1-4-5-6-7-11(3,12)10(2)8-9-10/h12H,4-9H2,1-3H3. The molecule has 0 aromatic carbocycles. The molecule has 0 aromatic heterocycles. The Hall–Kier alpha value is -0.0400. The molecule has 0 spiro atoms. The minimum absolute atomic E-state index is 0.251. The zero-order valence-corrected chi connectivity index (χ0v) is 8.69. The van der Waals surface area contributed by atoms with E-state index in [4.69, 9.17) is 0 Å². The average molecular weight is 170 g/mol. The molecular weight excluding hydrogens is 148 g/mol. The lowest BCUT2D eigenvalue weighted by Gasteiger charge is -2.30. The Morgan fingerprint density at radius 1 is 1.33 bits per heavy atom. The van der Waals surface area contributed by atoms with Crippen molar-refractivity contribution in [2.75, 3.05) is 0 Å². The van der Waals surface area contributed by atoms with Crippen LogP contribution in [0.15, 0.2) is 0 Å². The zero-order chi connectivity index (χ0) is 9.24. The van der Waals surface area contributed by atoms with Crippen LogP contribution in [0.25, 0.3) is 0 Å². The molecule has 12 heavy (non-hydrogen) atoms. The van der Waals surface area contributed by atoms with Gasteiger partial charge in [0.2, 0.25) is 0 Å². The van der Waals surface area contributed by atoms with E-state index >= 15 is 0 Å². The smallest absolute Gasteiger partial charge is 0.0673 e. The summed E-state index contributed by atoms with van der Waals surface area (Å²) in [5.41, 5.74) is -0.150. The van der Waals surface area contributed by atoms with Gasteiger partial charge in [-0.25, -0.2) is 0 Å². The van der Waals surface area contributed by atoms with Crippen LogP contribution < -0.4 is 0 Å². The van der Waals surface area contributed by atoms with Crippen LogP contribution >= 0.6 is 0 Å². The summed E-state index contributed by atoms with van der Waals surface area (Å²) in [5.74, 6) is 0. The minimum atomic E-state index is -0.401. The largest absolute Gasteiger partial charge is 0.390 e. The molecule has 1 aliphatic rings. The highest BCUT2D eigenvalue weighted by molar-refractivity contribution is 5.02. The van der Waals surface area contributed by atoms with Crippen LogP contribution in [-0.2, 0) is 0 Å². The van der Waals surface area contributed by atoms with Gasteiger partial charge in [0.15, 0.2) is 0 Å². The fourth-order valence-corrected chi connectivity index (χ4v) is 1.75. The van der Waals surface area contributed by atoms with Crippen molar-refractivity contribution in [1.82, 2.24) is 0 Å². The van der Waals surface area contributed by atoms with Gasteiger partial charge in [-0.2, -0.15) is 0 Å². The molecule has 0 amide bonds. The van der Waals surface area contributed by atoms with Gasteiger partial charge in [-0.05, 0) is 31.6 Å². The summed E-state index contributed by atoms with van der Waals surface area (Å²) in [7, 11) is 0. The van der Waals surface area contributed by atoms with Crippen molar-refractivity contribution >= 4 is 0 Å². The topological polar surface area (TPSA) is 20.2 Å². The molecular formula is C11H22O. The van der Waals surface area contributed by atoms with Crippen molar-refractivity contribution in [1.29, 1.82) is 0 Å².